The standard InChI is InChI=1S/C13H18N2O4S/c1-4-14-13(17)15-12(16)8-20(18,19)11-6-5-9(2)10(3)7-11/h5-7H,4,8H2,1-3H3,(H2,14,15,16,17). The van der Waals surface area contributed by atoms with Gasteiger partial charge in [-0.25, -0.2) is 13.2 Å². The maximum Gasteiger partial charge on any atom is 0.321 e. The minimum Gasteiger partial charge on any atom is -0.338 e. The molecule has 0 aliphatic carbocycles. The van der Waals surface area contributed by atoms with E-state index in [0.29, 0.717) is 6.54 Å². The Morgan fingerprint density at radius 2 is 1.80 bits per heavy atom. The summed E-state index contributed by atoms with van der Waals surface area (Å²) in [7, 11) is -3.75. The molecule has 6 nitrogen and oxygen atoms in total. The number of carbonyl (C=O) groups excluding carboxylic acids is 2. The largest absolute Gasteiger partial charge is 0.338 e. The number of nitrogens with one attached hydrogen (secondary N) is 2. The minimum absolute atomic E-state index is 0.0756. The number of carbonyl (C=O) groups is 2. The number of rotatable bonds is 4. The molecule has 110 valence electrons. The Bertz CT molecular complexity index is 623. The Morgan fingerprint density at radius 1 is 1.15 bits per heavy atom. The Balaban J connectivity index is 2.82. The van der Waals surface area contributed by atoms with Crippen molar-refractivity contribution in [1.82, 2.24) is 10.6 Å². The zero-order chi connectivity index (χ0) is 15.3. The van der Waals surface area contributed by atoms with E-state index in [2.05, 4.69) is 5.32 Å². The summed E-state index contributed by atoms with van der Waals surface area (Å²) in [5, 5.41) is 4.32. The van der Waals surface area contributed by atoms with Crippen LogP contribution >= 0.6 is 0 Å². The van der Waals surface area contributed by atoms with Crippen LogP contribution in [0, 0.1) is 13.8 Å². The van der Waals surface area contributed by atoms with Crippen molar-refractivity contribution >= 4 is 21.8 Å². The van der Waals surface area contributed by atoms with Crippen molar-refractivity contribution in [2.45, 2.75) is 25.7 Å². The second-order valence-electron chi connectivity index (χ2n) is 4.41. The van der Waals surface area contributed by atoms with Crippen LogP contribution in [0.15, 0.2) is 23.1 Å². The maximum atomic E-state index is 12.1. The van der Waals surface area contributed by atoms with E-state index in [1.807, 2.05) is 12.2 Å². The highest BCUT2D eigenvalue weighted by Crippen LogP contribution is 2.15. The Hall–Kier alpha value is -1.89. The first-order chi connectivity index (χ1) is 9.26. The second kappa shape index (κ2) is 6.51. The molecule has 3 amide bonds. The van der Waals surface area contributed by atoms with E-state index in [4.69, 9.17) is 0 Å². The van der Waals surface area contributed by atoms with Gasteiger partial charge in [0.05, 0.1) is 4.90 Å². The molecule has 0 aliphatic rings. The molecule has 0 saturated carbocycles. The van der Waals surface area contributed by atoms with Crippen molar-refractivity contribution in [1.29, 1.82) is 0 Å². The summed E-state index contributed by atoms with van der Waals surface area (Å²) < 4.78 is 24.1. The average Bonchev–Trinajstić information content (AvgIpc) is 2.31. The van der Waals surface area contributed by atoms with E-state index >= 15 is 0 Å². The van der Waals surface area contributed by atoms with Crippen LogP contribution in [0.4, 0.5) is 4.79 Å². The van der Waals surface area contributed by atoms with Crippen LogP contribution < -0.4 is 10.6 Å². The van der Waals surface area contributed by atoms with Crippen LogP contribution in [0.3, 0.4) is 0 Å². The molecule has 20 heavy (non-hydrogen) atoms. The molecule has 2 N–H and O–H groups in total. The third-order valence-electron chi connectivity index (χ3n) is 2.75. The summed E-state index contributed by atoms with van der Waals surface area (Å²) in [5.41, 5.74) is 1.80. The molecule has 0 bridgehead atoms. The summed E-state index contributed by atoms with van der Waals surface area (Å²) in [5.74, 6) is -1.61. The van der Waals surface area contributed by atoms with Crippen LogP contribution in [-0.2, 0) is 14.6 Å². The SMILES string of the molecule is CCNC(=O)NC(=O)CS(=O)(=O)c1ccc(C)c(C)c1. The number of sulfone groups is 1. The van der Waals surface area contributed by atoms with Gasteiger partial charge < -0.3 is 5.32 Å². The zero-order valence-corrected chi connectivity index (χ0v) is 12.5. The van der Waals surface area contributed by atoms with E-state index in [9.17, 15) is 18.0 Å². The lowest BCUT2D eigenvalue weighted by Crippen LogP contribution is -2.41. The molecule has 0 saturated heterocycles. The molecule has 0 fully saturated rings. The van der Waals surface area contributed by atoms with Crippen molar-refractivity contribution in [3.63, 3.8) is 0 Å². The lowest BCUT2D eigenvalue weighted by molar-refractivity contribution is -0.117. The molecule has 0 spiro atoms. The second-order valence-corrected chi connectivity index (χ2v) is 6.40. The fourth-order valence-electron chi connectivity index (χ4n) is 1.53. The Morgan fingerprint density at radius 3 is 2.35 bits per heavy atom. The van der Waals surface area contributed by atoms with Gasteiger partial charge in [0.15, 0.2) is 9.84 Å². The first-order valence-corrected chi connectivity index (χ1v) is 7.79. The van der Waals surface area contributed by atoms with Crippen molar-refractivity contribution in [2.24, 2.45) is 0 Å². The molecular formula is C13H18N2O4S. The summed E-state index contributed by atoms with van der Waals surface area (Å²) in [6.45, 7) is 5.70. The van der Waals surface area contributed by atoms with E-state index in [1.165, 1.54) is 12.1 Å². The average molecular weight is 298 g/mol. The van der Waals surface area contributed by atoms with Gasteiger partial charge in [-0.3, -0.25) is 10.1 Å². The summed E-state index contributed by atoms with van der Waals surface area (Å²) in [4.78, 5) is 22.7. The van der Waals surface area contributed by atoms with Crippen LogP contribution in [0.25, 0.3) is 0 Å². The Labute approximate surface area is 118 Å². The van der Waals surface area contributed by atoms with Gasteiger partial charge in [0.25, 0.3) is 0 Å². The summed E-state index contributed by atoms with van der Waals surface area (Å²) >= 11 is 0. The highest BCUT2D eigenvalue weighted by molar-refractivity contribution is 7.92. The van der Waals surface area contributed by atoms with E-state index in [-0.39, 0.29) is 4.90 Å². The number of hydrogen-bond donors (Lipinski definition) is 2. The van der Waals surface area contributed by atoms with E-state index < -0.39 is 27.5 Å². The molecule has 0 unspecified atom stereocenters. The highest BCUT2D eigenvalue weighted by atomic mass is 32.2. The number of aryl methyl sites for hydroxylation is 2. The molecular weight excluding hydrogens is 280 g/mol. The predicted octanol–water partition coefficient (Wildman–Crippen LogP) is 0.923. The van der Waals surface area contributed by atoms with Crippen molar-refractivity contribution in [3.05, 3.63) is 29.3 Å². The van der Waals surface area contributed by atoms with Crippen LogP contribution in [0.5, 0.6) is 0 Å². The molecule has 0 radical (unpaired) electrons. The maximum absolute atomic E-state index is 12.1. The van der Waals surface area contributed by atoms with Gasteiger partial charge in [-0.1, -0.05) is 6.07 Å². The highest BCUT2D eigenvalue weighted by Gasteiger charge is 2.20. The summed E-state index contributed by atoms with van der Waals surface area (Å²) in [6.07, 6.45) is 0. The van der Waals surface area contributed by atoms with Crippen LogP contribution in [0.1, 0.15) is 18.1 Å². The normalized spacial score (nSPS) is 10.9. The smallest absolute Gasteiger partial charge is 0.321 e. The van der Waals surface area contributed by atoms with Gasteiger partial charge in [0.2, 0.25) is 5.91 Å². The van der Waals surface area contributed by atoms with Gasteiger partial charge in [0.1, 0.15) is 5.75 Å². The lowest BCUT2D eigenvalue weighted by atomic mass is 10.1. The van der Waals surface area contributed by atoms with Gasteiger partial charge in [0, 0.05) is 6.54 Å². The quantitative estimate of drug-likeness (QED) is 0.864. The molecule has 0 aromatic heterocycles. The molecule has 0 heterocycles. The fraction of sp³-hybridized carbons (Fsp3) is 0.385. The minimum atomic E-state index is -3.75. The molecule has 0 aliphatic heterocycles. The summed E-state index contributed by atoms with van der Waals surface area (Å²) in [6, 6.07) is 3.96. The van der Waals surface area contributed by atoms with Gasteiger partial charge in [-0.2, -0.15) is 0 Å². The van der Waals surface area contributed by atoms with Gasteiger partial charge in [-0.15, -0.1) is 0 Å². The zero-order valence-electron chi connectivity index (χ0n) is 11.7. The lowest BCUT2D eigenvalue weighted by Gasteiger charge is -2.07. The van der Waals surface area contributed by atoms with Crippen molar-refractivity contribution < 1.29 is 18.0 Å². The number of imide groups is 1. The number of benzene rings is 1. The van der Waals surface area contributed by atoms with E-state index in [0.717, 1.165) is 11.1 Å². The third kappa shape index (κ3) is 4.34. The molecule has 7 heteroatoms. The molecule has 1 aromatic rings. The van der Waals surface area contributed by atoms with Crippen LogP contribution in [0.2, 0.25) is 0 Å². The number of hydrogen-bond acceptors (Lipinski definition) is 4. The molecule has 1 rings (SSSR count). The van der Waals surface area contributed by atoms with Gasteiger partial charge >= 0.3 is 6.03 Å². The first-order valence-electron chi connectivity index (χ1n) is 6.14. The fourth-order valence-corrected chi connectivity index (χ4v) is 2.75. The number of amides is 3. The van der Waals surface area contributed by atoms with Crippen molar-refractivity contribution in [2.75, 3.05) is 12.3 Å². The molecule has 0 atom stereocenters. The third-order valence-corrected chi connectivity index (χ3v) is 4.36. The predicted molar refractivity (Wildman–Crippen MR) is 75.2 cm³/mol. The molecule has 1 aromatic carbocycles. The Kier molecular flexibility index (Phi) is 5.26. The first kappa shape index (κ1) is 16.2. The van der Waals surface area contributed by atoms with E-state index in [1.54, 1.807) is 19.9 Å². The number of urea groups is 1. The topological polar surface area (TPSA) is 92.3 Å². The van der Waals surface area contributed by atoms with Crippen LogP contribution in [-0.4, -0.2) is 32.7 Å². The monoisotopic (exact) mass is 298 g/mol. The van der Waals surface area contributed by atoms with Gasteiger partial charge in [-0.05, 0) is 44.0 Å². The van der Waals surface area contributed by atoms with Crippen molar-refractivity contribution in [3.8, 4) is 0 Å².